The van der Waals surface area contributed by atoms with Crippen molar-refractivity contribution < 1.29 is 19.4 Å². The zero-order chi connectivity index (χ0) is 12.0. The number of aliphatic carboxylic acids is 1. The van der Waals surface area contributed by atoms with Crippen LogP contribution < -0.4 is 0 Å². The van der Waals surface area contributed by atoms with Gasteiger partial charge in [-0.05, 0) is 5.56 Å². The van der Waals surface area contributed by atoms with E-state index in [1.807, 2.05) is 30.3 Å². The Bertz CT molecular complexity index is 359. The Balaban J connectivity index is 2.71. The molecule has 4 nitrogen and oxygen atoms in total. The smallest absolute Gasteiger partial charge is 0.304 e. The van der Waals surface area contributed by atoms with E-state index in [0.717, 1.165) is 5.56 Å². The van der Waals surface area contributed by atoms with E-state index in [2.05, 4.69) is 0 Å². The van der Waals surface area contributed by atoms with E-state index in [4.69, 9.17) is 9.84 Å². The van der Waals surface area contributed by atoms with Gasteiger partial charge in [0.05, 0.1) is 13.0 Å². The van der Waals surface area contributed by atoms with Crippen molar-refractivity contribution in [3.8, 4) is 0 Å². The summed E-state index contributed by atoms with van der Waals surface area (Å²) in [7, 11) is 0. The lowest BCUT2D eigenvalue weighted by Crippen LogP contribution is -2.14. The third-order valence-corrected chi connectivity index (χ3v) is 2.18. The molecule has 0 heterocycles. The molecular weight excluding hydrogens is 208 g/mol. The van der Waals surface area contributed by atoms with Crippen LogP contribution in [0.5, 0.6) is 0 Å². The third kappa shape index (κ3) is 4.13. The maximum Gasteiger partial charge on any atom is 0.304 e. The molecule has 0 bridgehead atoms. The molecule has 0 aliphatic carbocycles. The van der Waals surface area contributed by atoms with Crippen molar-refractivity contribution in [2.75, 3.05) is 6.61 Å². The number of carbonyl (C=O) groups excluding carboxylic acids is 1. The predicted octanol–water partition coefficient (Wildman–Crippen LogP) is 1.81. The summed E-state index contributed by atoms with van der Waals surface area (Å²) >= 11 is 0. The van der Waals surface area contributed by atoms with Crippen LogP contribution in [0.1, 0.15) is 24.8 Å². The van der Waals surface area contributed by atoms with Gasteiger partial charge in [-0.1, -0.05) is 30.3 Å². The first-order valence-corrected chi connectivity index (χ1v) is 4.99. The molecule has 0 spiro atoms. The highest BCUT2D eigenvalue weighted by Crippen LogP contribution is 2.19. The zero-order valence-corrected chi connectivity index (χ0v) is 9.05. The molecule has 86 valence electrons. The second kappa shape index (κ2) is 5.90. The van der Waals surface area contributed by atoms with E-state index in [0.29, 0.717) is 0 Å². The summed E-state index contributed by atoms with van der Waals surface area (Å²) in [5, 5.41) is 8.77. The van der Waals surface area contributed by atoms with Crippen LogP contribution in [-0.2, 0) is 14.3 Å². The molecule has 4 heteroatoms. The van der Waals surface area contributed by atoms with Crippen molar-refractivity contribution in [1.29, 1.82) is 0 Å². The maximum absolute atomic E-state index is 10.7. The number of ether oxygens (including phenoxy) is 1. The average molecular weight is 222 g/mol. The van der Waals surface area contributed by atoms with Crippen LogP contribution in [0.4, 0.5) is 0 Å². The van der Waals surface area contributed by atoms with Gasteiger partial charge in [0.1, 0.15) is 0 Å². The van der Waals surface area contributed by atoms with Crippen molar-refractivity contribution in [1.82, 2.24) is 0 Å². The van der Waals surface area contributed by atoms with E-state index in [1.165, 1.54) is 6.92 Å². The SMILES string of the molecule is CC(=O)OC[C@@H](CC(=O)O)c1ccccc1. The van der Waals surface area contributed by atoms with Gasteiger partial charge in [-0.3, -0.25) is 9.59 Å². The van der Waals surface area contributed by atoms with Gasteiger partial charge in [-0.15, -0.1) is 0 Å². The largest absolute Gasteiger partial charge is 0.481 e. The maximum atomic E-state index is 10.7. The third-order valence-electron chi connectivity index (χ3n) is 2.18. The molecule has 16 heavy (non-hydrogen) atoms. The van der Waals surface area contributed by atoms with Gasteiger partial charge in [0.15, 0.2) is 0 Å². The molecule has 1 rings (SSSR count). The van der Waals surface area contributed by atoms with Crippen molar-refractivity contribution in [2.45, 2.75) is 19.3 Å². The quantitative estimate of drug-likeness (QED) is 0.772. The van der Waals surface area contributed by atoms with Gasteiger partial charge in [-0.2, -0.15) is 0 Å². The molecule has 0 aromatic heterocycles. The van der Waals surface area contributed by atoms with E-state index in [-0.39, 0.29) is 18.9 Å². The van der Waals surface area contributed by atoms with Crippen molar-refractivity contribution in [3.63, 3.8) is 0 Å². The molecule has 1 N–H and O–H groups in total. The van der Waals surface area contributed by atoms with Crippen LogP contribution in [0.25, 0.3) is 0 Å². The number of benzene rings is 1. The predicted molar refractivity (Wildman–Crippen MR) is 58.1 cm³/mol. The number of hydrogen-bond acceptors (Lipinski definition) is 3. The topological polar surface area (TPSA) is 63.6 Å². The molecule has 0 unspecified atom stereocenters. The lowest BCUT2D eigenvalue weighted by Gasteiger charge is -2.14. The molecule has 0 aliphatic rings. The first-order chi connectivity index (χ1) is 7.59. The number of hydrogen-bond donors (Lipinski definition) is 1. The Hall–Kier alpha value is -1.84. The highest BCUT2D eigenvalue weighted by atomic mass is 16.5. The van der Waals surface area contributed by atoms with Gasteiger partial charge in [-0.25, -0.2) is 0 Å². The van der Waals surface area contributed by atoms with E-state index >= 15 is 0 Å². The standard InChI is InChI=1S/C12H14O4/c1-9(13)16-8-11(7-12(14)15)10-5-3-2-4-6-10/h2-6,11H,7-8H2,1H3,(H,14,15)/t11-/m1/s1. The molecule has 1 aromatic carbocycles. The van der Waals surface area contributed by atoms with E-state index < -0.39 is 11.9 Å². The molecule has 0 radical (unpaired) electrons. The Morgan fingerprint density at radius 3 is 2.44 bits per heavy atom. The second-order valence-corrected chi connectivity index (χ2v) is 3.51. The summed E-state index contributed by atoms with van der Waals surface area (Å²) in [6.45, 7) is 1.41. The Labute approximate surface area is 93.9 Å². The van der Waals surface area contributed by atoms with Gasteiger partial charge < -0.3 is 9.84 Å². The summed E-state index contributed by atoms with van der Waals surface area (Å²) in [5.41, 5.74) is 0.867. The van der Waals surface area contributed by atoms with E-state index in [9.17, 15) is 9.59 Å². The molecule has 1 atom stereocenters. The fraction of sp³-hybridized carbons (Fsp3) is 0.333. The summed E-state index contributed by atoms with van der Waals surface area (Å²) in [6.07, 6.45) is -0.0444. The fourth-order valence-corrected chi connectivity index (χ4v) is 1.43. The number of carboxylic acid groups (broad SMARTS) is 1. The fourth-order valence-electron chi connectivity index (χ4n) is 1.43. The van der Waals surface area contributed by atoms with Crippen molar-refractivity contribution in [3.05, 3.63) is 35.9 Å². The average Bonchev–Trinajstić information content (AvgIpc) is 2.25. The molecule has 0 fully saturated rings. The van der Waals surface area contributed by atoms with Crippen LogP contribution in [0.15, 0.2) is 30.3 Å². The first-order valence-electron chi connectivity index (χ1n) is 4.99. The molecular formula is C12H14O4. The molecule has 0 amide bonds. The second-order valence-electron chi connectivity index (χ2n) is 3.51. The summed E-state index contributed by atoms with van der Waals surface area (Å²) < 4.78 is 4.86. The van der Waals surface area contributed by atoms with E-state index in [1.54, 1.807) is 0 Å². The van der Waals surface area contributed by atoms with Crippen LogP contribution in [0.3, 0.4) is 0 Å². The van der Waals surface area contributed by atoms with Crippen LogP contribution in [0, 0.1) is 0 Å². The normalized spacial score (nSPS) is 11.8. The van der Waals surface area contributed by atoms with Gasteiger partial charge in [0.25, 0.3) is 0 Å². The Kier molecular flexibility index (Phi) is 4.51. The Morgan fingerprint density at radius 1 is 1.31 bits per heavy atom. The van der Waals surface area contributed by atoms with Gasteiger partial charge in [0, 0.05) is 12.8 Å². The lowest BCUT2D eigenvalue weighted by molar-refractivity contribution is -0.144. The minimum Gasteiger partial charge on any atom is -0.481 e. The molecule has 0 saturated heterocycles. The first kappa shape index (κ1) is 12.2. The van der Waals surface area contributed by atoms with Crippen molar-refractivity contribution in [2.24, 2.45) is 0 Å². The number of rotatable bonds is 5. The summed E-state index contributed by atoms with van der Waals surface area (Å²) in [5.74, 6) is -1.59. The van der Waals surface area contributed by atoms with Gasteiger partial charge in [0.2, 0.25) is 0 Å². The van der Waals surface area contributed by atoms with Crippen LogP contribution in [0.2, 0.25) is 0 Å². The highest BCUT2D eigenvalue weighted by Gasteiger charge is 2.16. The molecule has 0 saturated carbocycles. The lowest BCUT2D eigenvalue weighted by atomic mass is 9.97. The number of carbonyl (C=O) groups is 2. The summed E-state index contributed by atoms with van der Waals surface area (Å²) in [4.78, 5) is 21.4. The monoisotopic (exact) mass is 222 g/mol. The minimum absolute atomic E-state index is 0.0444. The minimum atomic E-state index is -0.902. The Morgan fingerprint density at radius 2 is 1.94 bits per heavy atom. The van der Waals surface area contributed by atoms with Crippen LogP contribution in [-0.4, -0.2) is 23.7 Å². The summed E-state index contributed by atoms with van der Waals surface area (Å²) in [6, 6.07) is 9.18. The zero-order valence-electron chi connectivity index (χ0n) is 9.05. The van der Waals surface area contributed by atoms with Crippen LogP contribution >= 0.6 is 0 Å². The molecule has 1 aromatic rings. The highest BCUT2D eigenvalue weighted by molar-refractivity contribution is 5.68. The van der Waals surface area contributed by atoms with Crippen molar-refractivity contribution >= 4 is 11.9 Å². The number of esters is 1. The molecule has 0 aliphatic heterocycles. The van der Waals surface area contributed by atoms with Gasteiger partial charge >= 0.3 is 11.9 Å². The number of carboxylic acids is 1.